The maximum atomic E-state index is 5.33. The lowest BCUT2D eigenvalue weighted by Crippen LogP contribution is -1.99. The number of nitrogens with zero attached hydrogens (tertiary/aromatic N) is 2. The van der Waals surface area contributed by atoms with Crippen LogP contribution in [0.5, 0.6) is 0 Å². The first-order valence-electron chi connectivity index (χ1n) is 11.2. The molecule has 0 atom stereocenters. The van der Waals surface area contributed by atoms with Gasteiger partial charge in [0.25, 0.3) is 0 Å². The third kappa shape index (κ3) is 9.57. The molecular weight excluding hydrogens is 444 g/mol. The second kappa shape index (κ2) is 15.1. The lowest BCUT2D eigenvalue weighted by Gasteiger charge is -2.12. The summed E-state index contributed by atoms with van der Waals surface area (Å²) in [5.74, 6) is 1.20. The molecule has 0 radical (unpaired) electrons. The largest absolute Gasteiger partial charge is 0.396 e. The third-order valence-electron chi connectivity index (χ3n) is 4.71. The molecule has 2 aromatic heterocycles. The zero-order chi connectivity index (χ0) is 24.7. The smallest absolute Gasteiger partial charge is 0.154 e. The average molecular weight is 479 g/mol. The molecule has 0 fully saturated rings. The van der Waals surface area contributed by atoms with Crippen LogP contribution in [0.3, 0.4) is 0 Å². The molecule has 0 bridgehead atoms. The molecule has 6 nitrogen and oxygen atoms in total. The highest BCUT2D eigenvalue weighted by Crippen LogP contribution is 2.25. The number of para-hydroxylation sites is 2. The molecular formula is C30H34N6. The number of benzene rings is 3. The van der Waals surface area contributed by atoms with Gasteiger partial charge in [0.1, 0.15) is 5.82 Å². The van der Waals surface area contributed by atoms with E-state index >= 15 is 0 Å². The number of hydrogen-bond acceptors (Lipinski definition) is 6. The topological polar surface area (TPSA) is 102 Å². The van der Waals surface area contributed by atoms with Crippen LogP contribution in [0.25, 0.3) is 0 Å². The second-order valence-corrected chi connectivity index (χ2v) is 7.51. The quantitative estimate of drug-likeness (QED) is 0.214. The Balaban J connectivity index is 0.000000235. The van der Waals surface area contributed by atoms with Crippen molar-refractivity contribution in [3.8, 4) is 0 Å². The van der Waals surface area contributed by atoms with Crippen molar-refractivity contribution in [2.75, 3.05) is 22.1 Å². The first-order valence-corrected chi connectivity index (χ1v) is 11.2. The number of rotatable bonds is 4. The SMILES string of the molecule is C.Cc1ccccc1.Nc1cccnc1N.c1ccc(Nc2cccnc2Nc2ccccc2)cc1. The number of nitrogen functional groups attached to an aromatic ring is 2. The molecule has 0 aliphatic rings. The van der Waals surface area contributed by atoms with Gasteiger partial charge in [-0.1, -0.05) is 79.7 Å². The van der Waals surface area contributed by atoms with E-state index in [9.17, 15) is 0 Å². The monoisotopic (exact) mass is 478 g/mol. The number of aryl methyl sites for hydroxylation is 1. The zero-order valence-electron chi connectivity index (χ0n) is 19.7. The predicted molar refractivity (Wildman–Crippen MR) is 155 cm³/mol. The molecule has 0 unspecified atom stereocenters. The number of anilines is 6. The minimum atomic E-state index is 0. The summed E-state index contributed by atoms with van der Waals surface area (Å²) in [5, 5.41) is 6.69. The fraction of sp³-hybridized carbons (Fsp3) is 0.0667. The summed E-state index contributed by atoms with van der Waals surface area (Å²) in [7, 11) is 0. The molecule has 5 rings (SSSR count). The second-order valence-electron chi connectivity index (χ2n) is 7.51. The van der Waals surface area contributed by atoms with Crippen molar-refractivity contribution >= 4 is 34.4 Å². The van der Waals surface area contributed by atoms with E-state index in [1.54, 1.807) is 24.5 Å². The number of aromatic nitrogens is 2. The normalized spacial score (nSPS) is 9.25. The van der Waals surface area contributed by atoms with Gasteiger partial charge in [0.2, 0.25) is 0 Å². The molecule has 0 saturated carbocycles. The lowest BCUT2D eigenvalue weighted by atomic mass is 10.2. The molecule has 184 valence electrons. The van der Waals surface area contributed by atoms with Crippen LogP contribution in [0, 0.1) is 6.92 Å². The van der Waals surface area contributed by atoms with E-state index in [0.29, 0.717) is 11.5 Å². The van der Waals surface area contributed by atoms with E-state index in [2.05, 4.69) is 39.7 Å². The molecule has 6 N–H and O–H groups in total. The Kier molecular flexibility index (Phi) is 11.5. The highest BCUT2D eigenvalue weighted by atomic mass is 15.0. The maximum Gasteiger partial charge on any atom is 0.154 e. The summed E-state index contributed by atoms with van der Waals surface area (Å²) in [6.07, 6.45) is 3.38. The van der Waals surface area contributed by atoms with Gasteiger partial charge in [-0.2, -0.15) is 0 Å². The Morgan fingerprint density at radius 1 is 0.556 bits per heavy atom. The first kappa shape index (κ1) is 27.4. The summed E-state index contributed by atoms with van der Waals surface area (Å²) in [6, 6.07) is 37.7. The van der Waals surface area contributed by atoms with Gasteiger partial charge in [-0.15, -0.1) is 0 Å². The van der Waals surface area contributed by atoms with Crippen LogP contribution < -0.4 is 22.1 Å². The van der Waals surface area contributed by atoms with Crippen molar-refractivity contribution in [1.29, 1.82) is 0 Å². The standard InChI is InChI=1S/C17H15N3.C7H8.C5H7N3.CH4/c1-3-8-14(9-4-1)19-16-12-7-13-18-17(16)20-15-10-5-2-6-11-15;1-7-5-3-2-4-6-7;6-4-2-1-3-8-5(4)7;/h1-13,19H,(H,18,20);2-6H,1H3;1-3H,6H2,(H2,7,8);1H4. The van der Waals surface area contributed by atoms with Crippen LogP contribution in [0.15, 0.2) is 128 Å². The minimum absolute atomic E-state index is 0. The van der Waals surface area contributed by atoms with E-state index in [4.69, 9.17) is 11.5 Å². The Labute approximate surface area is 214 Å². The lowest BCUT2D eigenvalue weighted by molar-refractivity contribution is 1.30. The molecule has 0 amide bonds. The fourth-order valence-corrected chi connectivity index (χ4v) is 2.91. The molecule has 0 aliphatic heterocycles. The number of hydrogen-bond donors (Lipinski definition) is 4. The van der Waals surface area contributed by atoms with Gasteiger partial charge in [0, 0.05) is 23.8 Å². The summed E-state index contributed by atoms with van der Waals surface area (Å²) >= 11 is 0. The van der Waals surface area contributed by atoms with Crippen LogP contribution in [-0.4, -0.2) is 9.97 Å². The van der Waals surface area contributed by atoms with Crippen LogP contribution in [0.2, 0.25) is 0 Å². The minimum Gasteiger partial charge on any atom is -0.396 e. The molecule has 0 saturated heterocycles. The van der Waals surface area contributed by atoms with E-state index in [-0.39, 0.29) is 7.43 Å². The zero-order valence-corrected chi connectivity index (χ0v) is 19.7. The van der Waals surface area contributed by atoms with Crippen molar-refractivity contribution in [1.82, 2.24) is 9.97 Å². The molecule has 0 aliphatic carbocycles. The van der Waals surface area contributed by atoms with Crippen molar-refractivity contribution in [3.05, 3.63) is 133 Å². The fourth-order valence-electron chi connectivity index (χ4n) is 2.91. The van der Waals surface area contributed by atoms with Gasteiger partial charge in [-0.25, -0.2) is 9.97 Å². The van der Waals surface area contributed by atoms with Crippen LogP contribution in [-0.2, 0) is 0 Å². The van der Waals surface area contributed by atoms with Crippen LogP contribution in [0.4, 0.5) is 34.4 Å². The van der Waals surface area contributed by atoms with Gasteiger partial charge in [-0.3, -0.25) is 0 Å². The third-order valence-corrected chi connectivity index (χ3v) is 4.71. The number of nitrogens with two attached hydrogens (primary N) is 2. The number of nitrogens with one attached hydrogen (secondary N) is 2. The van der Waals surface area contributed by atoms with Crippen molar-refractivity contribution in [2.24, 2.45) is 0 Å². The summed E-state index contributed by atoms with van der Waals surface area (Å²) in [6.45, 7) is 2.08. The first-order chi connectivity index (χ1) is 17.1. The van der Waals surface area contributed by atoms with Crippen molar-refractivity contribution in [3.63, 3.8) is 0 Å². The van der Waals surface area contributed by atoms with Crippen LogP contribution in [0.1, 0.15) is 13.0 Å². The van der Waals surface area contributed by atoms with Crippen LogP contribution >= 0.6 is 0 Å². The highest BCUT2D eigenvalue weighted by molar-refractivity contribution is 5.74. The Bertz CT molecular complexity index is 1180. The van der Waals surface area contributed by atoms with Gasteiger partial charge in [-0.05, 0) is 55.5 Å². The molecule has 6 heteroatoms. The molecule has 2 heterocycles. The van der Waals surface area contributed by atoms with E-state index < -0.39 is 0 Å². The van der Waals surface area contributed by atoms with E-state index in [1.807, 2.05) is 91.0 Å². The predicted octanol–water partition coefficient (Wildman–Crippen LogP) is 7.45. The molecule has 5 aromatic rings. The number of pyridine rings is 2. The summed E-state index contributed by atoms with van der Waals surface area (Å²) < 4.78 is 0. The molecule has 3 aromatic carbocycles. The molecule has 36 heavy (non-hydrogen) atoms. The van der Waals surface area contributed by atoms with E-state index in [1.165, 1.54) is 5.56 Å². The van der Waals surface area contributed by atoms with Gasteiger partial charge >= 0.3 is 0 Å². The Morgan fingerprint density at radius 3 is 1.53 bits per heavy atom. The van der Waals surface area contributed by atoms with Gasteiger partial charge < -0.3 is 22.1 Å². The average Bonchev–Trinajstić information content (AvgIpc) is 2.90. The van der Waals surface area contributed by atoms with E-state index in [0.717, 1.165) is 22.9 Å². The molecule has 0 spiro atoms. The summed E-state index contributed by atoms with van der Waals surface area (Å²) in [5.41, 5.74) is 15.5. The Hall–Kier alpha value is -4.84. The van der Waals surface area contributed by atoms with Crippen molar-refractivity contribution in [2.45, 2.75) is 14.4 Å². The van der Waals surface area contributed by atoms with Gasteiger partial charge in [0.15, 0.2) is 5.82 Å². The Morgan fingerprint density at radius 2 is 1.06 bits per heavy atom. The summed E-state index contributed by atoms with van der Waals surface area (Å²) in [4.78, 5) is 8.13. The van der Waals surface area contributed by atoms with Gasteiger partial charge in [0.05, 0.1) is 11.4 Å². The maximum absolute atomic E-state index is 5.33. The van der Waals surface area contributed by atoms with Crippen molar-refractivity contribution < 1.29 is 0 Å². The highest BCUT2D eigenvalue weighted by Gasteiger charge is 2.03.